The van der Waals surface area contributed by atoms with E-state index in [1.165, 1.54) is 0 Å². The number of hydrogen-bond donors (Lipinski definition) is 1. The summed E-state index contributed by atoms with van der Waals surface area (Å²) in [6, 6.07) is 2.42. The molecule has 1 N–H and O–H groups in total. The maximum Gasteiger partial charge on any atom is 0.227 e. The molecule has 3 heterocycles. The number of morpholine rings is 1. The minimum absolute atomic E-state index is 0.00345. The fourth-order valence-electron chi connectivity index (χ4n) is 2.33. The van der Waals surface area contributed by atoms with Crippen LogP contribution in [0.3, 0.4) is 0 Å². The first-order valence-corrected chi connectivity index (χ1v) is 7.59. The quantitative estimate of drug-likeness (QED) is 0.909. The minimum Gasteiger partial charge on any atom is -0.378 e. The summed E-state index contributed by atoms with van der Waals surface area (Å²) in [4.78, 5) is 11.6. The highest BCUT2D eigenvalue weighted by molar-refractivity contribution is 5.46. The Bertz CT molecular complexity index is 491. The van der Waals surface area contributed by atoms with E-state index in [2.05, 4.69) is 42.0 Å². The highest BCUT2D eigenvalue weighted by atomic mass is 16.5. The van der Waals surface area contributed by atoms with Crippen LogP contribution in [0.15, 0.2) is 6.07 Å². The van der Waals surface area contributed by atoms with Crippen molar-refractivity contribution in [2.24, 2.45) is 0 Å². The summed E-state index contributed by atoms with van der Waals surface area (Å²) >= 11 is 0. The topological polar surface area (TPSA) is 59.5 Å². The molecule has 3 rings (SSSR count). The summed E-state index contributed by atoms with van der Waals surface area (Å²) in [5.74, 6) is 1.69. The van der Waals surface area contributed by atoms with Gasteiger partial charge in [0.25, 0.3) is 0 Å². The second kappa shape index (κ2) is 5.77. The second-order valence-electron chi connectivity index (χ2n) is 6.67. The molecular weight excluding hydrogens is 268 g/mol. The molecule has 0 bridgehead atoms. The Balaban J connectivity index is 1.87. The predicted octanol–water partition coefficient (Wildman–Crippen LogP) is 1.42. The van der Waals surface area contributed by atoms with Crippen molar-refractivity contribution in [3.05, 3.63) is 11.8 Å². The van der Waals surface area contributed by atoms with Gasteiger partial charge in [0.2, 0.25) is 5.95 Å². The van der Waals surface area contributed by atoms with Gasteiger partial charge in [-0.15, -0.1) is 0 Å². The molecule has 6 nitrogen and oxygen atoms in total. The van der Waals surface area contributed by atoms with Crippen LogP contribution in [0.2, 0.25) is 0 Å². The van der Waals surface area contributed by atoms with E-state index in [4.69, 9.17) is 14.5 Å². The minimum atomic E-state index is -0.00345. The van der Waals surface area contributed by atoms with Gasteiger partial charge in [0, 0.05) is 24.6 Å². The number of hydrogen-bond acceptors (Lipinski definition) is 6. The lowest BCUT2D eigenvalue weighted by molar-refractivity contribution is 0.0209. The van der Waals surface area contributed by atoms with E-state index in [1.807, 2.05) is 0 Å². The van der Waals surface area contributed by atoms with Crippen LogP contribution in [0.5, 0.6) is 0 Å². The number of anilines is 2. The average Bonchev–Trinajstić information content (AvgIpc) is 2.43. The van der Waals surface area contributed by atoms with Crippen molar-refractivity contribution in [3.8, 4) is 0 Å². The zero-order valence-electron chi connectivity index (χ0n) is 13.1. The van der Waals surface area contributed by atoms with E-state index in [9.17, 15) is 0 Å². The molecule has 0 saturated carbocycles. The van der Waals surface area contributed by atoms with Crippen molar-refractivity contribution in [1.82, 2.24) is 9.97 Å². The molecule has 2 saturated heterocycles. The van der Waals surface area contributed by atoms with Gasteiger partial charge in [0.15, 0.2) is 0 Å². The Morgan fingerprint density at radius 2 is 1.86 bits per heavy atom. The Labute approximate surface area is 125 Å². The van der Waals surface area contributed by atoms with Crippen LogP contribution in [0.4, 0.5) is 11.8 Å². The Morgan fingerprint density at radius 3 is 2.43 bits per heavy atom. The summed E-state index contributed by atoms with van der Waals surface area (Å²) in [7, 11) is 0. The first-order chi connectivity index (χ1) is 10.0. The molecule has 0 aliphatic carbocycles. The van der Waals surface area contributed by atoms with Gasteiger partial charge in [0.1, 0.15) is 5.82 Å². The Kier molecular flexibility index (Phi) is 3.99. The fraction of sp³-hybridized carbons (Fsp3) is 0.733. The van der Waals surface area contributed by atoms with Crippen molar-refractivity contribution in [1.29, 1.82) is 0 Å². The molecule has 0 amide bonds. The molecule has 116 valence electrons. The lowest BCUT2D eigenvalue weighted by Gasteiger charge is -2.31. The van der Waals surface area contributed by atoms with Crippen LogP contribution in [0, 0.1) is 0 Å². The van der Waals surface area contributed by atoms with Gasteiger partial charge in [-0.2, -0.15) is 4.98 Å². The third kappa shape index (κ3) is 3.44. The van der Waals surface area contributed by atoms with E-state index >= 15 is 0 Å². The molecule has 2 fully saturated rings. The lowest BCUT2D eigenvalue weighted by atomic mass is 9.92. The summed E-state index contributed by atoms with van der Waals surface area (Å²) in [6.07, 6.45) is 0. The van der Waals surface area contributed by atoms with Crippen LogP contribution >= 0.6 is 0 Å². The molecule has 1 aromatic heterocycles. The van der Waals surface area contributed by atoms with Crippen molar-refractivity contribution in [2.75, 3.05) is 49.7 Å². The number of nitrogens with zero attached hydrogens (tertiary/aromatic N) is 3. The highest BCUT2D eigenvalue weighted by Gasteiger charge is 2.24. The molecule has 21 heavy (non-hydrogen) atoms. The molecule has 0 atom stereocenters. The third-order valence-electron chi connectivity index (χ3n) is 3.77. The van der Waals surface area contributed by atoms with Crippen molar-refractivity contribution in [3.63, 3.8) is 0 Å². The lowest BCUT2D eigenvalue weighted by Crippen LogP contribution is -2.41. The fourth-order valence-corrected chi connectivity index (χ4v) is 2.33. The SMILES string of the molecule is CC(C)(C)c1cc(NC2COC2)nc(N2CCOCC2)n1. The first kappa shape index (κ1) is 14.5. The molecular formula is C15H24N4O2. The van der Waals surface area contributed by atoms with Crippen molar-refractivity contribution >= 4 is 11.8 Å². The second-order valence-corrected chi connectivity index (χ2v) is 6.67. The smallest absolute Gasteiger partial charge is 0.227 e. The van der Waals surface area contributed by atoms with Crippen molar-refractivity contribution < 1.29 is 9.47 Å². The monoisotopic (exact) mass is 292 g/mol. The van der Waals surface area contributed by atoms with E-state index in [0.717, 1.165) is 57.0 Å². The molecule has 1 aromatic rings. The van der Waals surface area contributed by atoms with Gasteiger partial charge in [0.05, 0.1) is 38.2 Å². The van der Waals surface area contributed by atoms with Crippen LogP contribution in [-0.4, -0.2) is 55.5 Å². The molecule has 2 aliphatic heterocycles. The number of rotatable bonds is 3. The maximum absolute atomic E-state index is 5.41. The van der Waals surface area contributed by atoms with Gasteiger partial charge in [-0.25, -0.2) is 4.98 Å². The van der Waals surface area contributed by atoms with E-state index in [-0.39, 0.29) is 5.41 Å². The summed E-state index contributed by atoms with van der Waals surface area (Å²) in [5.41, 5.74) is 1.05. The largest absolute Gasteiger partial charge is 0.378 e. The normalized spacial score (nSPS) is 20.2. The highest BCUT2D eigenvalue weighted by Crippen LogP contribution is 2.25. The summed E-state index contributed by atoms with van der Waals surface area (Å²) in [6.45, 7) is 11.2. The molecule has 0 radical (unpaired) electrons. The molecule has 6 heteroatoms. The Hall–Kier alpha value is -1.40. The summed E-state index contributed by atoms with van der Waals surface area (Å²) < 4.78 is 10.6. The number of nitrogens with one attached hydrogen (secondary N) is 1. The number of aromatic nitrogens is 2. The van der Waals surface area contributed by atoms with Gasteiger partial charge >= 0.3 is 0 Å². The average molecular weight is 292 g/mol. The van der Waals surface area contributed by atoms with E-state index in [0.29, 0.717) is 6.04 Å². The van der Waals surface area contributed by atoms with Crippen LogP contribution < -0.4 is 10.2 Å². The molecule has 0 spiro atoms. The first-order valence-electron chi connectivity index (χ1n) is 7.59. The molecule has 2 aliphatic rings. The number of ether oxygens (including phenoxy) is 2. The van der Waals surface area contributed by atoms with Gasteiger partial charge < -0.3 is 19.7 Å². The van der Waals surface area contributed by atoms with Crippen LogP contribution in [-0.2, 0) is 14.9 Å². The van der Waals surface area contributed by atoms with Crippen LogP contribution in [0.1, 0.15) is 26.5 Å². The van der Waals surface area contributed by atoms with Gasteiger partial charge in [-0.3, -0.25) is 0 Å². The summed E-state index contributed by atoms with van der Waals surface area (Å²) in [5, 5.41) is 3.44. The van der Waals surface area contributed by atoms with Crippen molar-refractivity contribution in [2.45, 2.75) is 32.2 Å². The zero-order chi connectivity index (χ0) is 14.9. The van der Waals surface area contributed by atoms with Gasteiger partial charge in [-0.1, -0.05) is 20.8 Å². The zero-order valence-corrected chi connectivity index (χ0v) is 13.1. The van der Waals surface area contributed by atoms with Gasteiger partial charge in [-0.05, 0) is 0 Å². The van der Waals surface area contributed by atoms with E-state index < -0.39 is 0 Å². The third-order valence-corrected chi connectivity index (χ3v) is 3.77. The standard InChI is InChI=1S/C15H24N4O2/c1-15(2,3)12-8-13(16-11-9-21-10-11)18-14(17-12)19-4-6-20-7-5-19/h8,11H,4-7,9-10H2,1-3H3,(H,16,17,18). The van der Waals surface area contributed by atoms with E-state index in [1.54, 1.807) is 0 Å². The molecule has 0 unspecified atom stereocenters. The Morgan fingerprint density at radius 1 is 1.14 bits per heavy atom. The molecule has 0 aromatic carbocycles. The van der Waals surface area contributed by atoms with Crippen LogP contribution in [0.25, 0.3) is 0 Å². The predicted molar refractivity (Wildman–Crippen MR) is 82.0 cm³/mol. The maximum atomic E-state index is 5.41.